The monoisotopic (exact) mass is 357 g/mol. The molecule has 0 atom stereocenters. The fraction of sp³-hybridized carbons (Fsp3) is 0.133. The number of ketones is 1. The number of halogens is 2. The maximum absolute atomic E-state index is 12.2. The smallest absolute Gasteiger partial charge is 0.240 e. The van der Waals surface area contributed by atoms with E-state index < -0.39 is 10.0 Å². The van der Waals surface area contributed by atoms with Gasteiger partial charge in [0, 0.05) is 12.1 Å². The van der Waals surface area contributed by atoms with E-state index in [2.05, 4.69) is 4.72 Å². The van der Waals surface area contributed by atoms with Crippen molar-refractivity contribution in [3.8, 4) is 0 Å². The zero-order valence-corrected chi connectivity index (χ0v) is 14.0. The van der Waals surface area contributed by atoms with Gasteiger partial charge < -0.3 is 0 Å². The van der Waals surface area contributed by atoms with Crippen molar-refractivity contribution < 1.29 is 13.2 Å². The second-order valence-electron chi connectivity index (χ2n) is 4.62. The molecule has 22 heavy (non-hydrogen) atoms. The molecular weight excluding hydrogens is 345 g/mol. The number of hydrogen-bond donors (Lipinski definition) is 1. The molecule has 116 valence electrons. The van der Waals surface area contributed by atoms with Gasteiger partial charge in [-0.05, 0) is 30.7 Å². The van der Waals surface area contributed by atoms with E-state index in [4.69, 9.17) is 23.2 Å². The summed E-state index contributed by atoms with van der Waals surface area (Å²) in [5.41, 5.74) is 1.04. The molecule has 0 spiro atoms. The predicted molar refractivity (Wildman–Crippen MR) is 86.9 cm³/mol. The molecule has 2 aromatic rings. The first-order valence-corrected chi connectivity index (χ1v) is 8.59. The Balaban J connectivity index is 2.17. The van der Waals surface area contributed by atoms with Crippen molar-refractivity contribution in [1.82, 2.24) is 4.72 Å². The van der Waals surface area contributed by atoms with Gasteiger partial charge in [0.05, 0.1) is 14.9 Å². The second kappa shape index (κ2) is 6.79. The van der Waals surface area contributed by atoms with Crippen molar-refractivity contribution in [3.05, 3.63) is 63.6 Å². The lowest BCUT2D eigenvalue weighted by Crippen LogP contribution is -2.23. The van der Waals surface area contributed by atoms with Crippen molar-refractivity contribution in [2.24, 2.45) is 0 Å². The molecule has 2 aromatic carbocycles. The summed E-state index contributed by atoms with van der Waals surface area (Å²) in [7, 11) is -3.69. The Bertz CT molecular complexity index is 802. The Morgan fingerprint density at radius 2 is 1.73 bits per heavy atom. The average molecular weight is 358 g/mol. The van der Waals surface area contributed by atoms with Gasteiger partial charge in [0.2, 0.25) is 10.0 Å². The van der Waals surface area contributed by atoms with Crippen LogP contribution in [0.5, 0.6) is 0 Å². The third-order valence-corrected chi connectivity index (χ3v) is 5.33. The first-order valence-electron chi connectivity index (χ1n) is 6.35. The van der Waals surface area contributed by atoms with Crippen LogP contribution >= 0.6 is 23.2 Å². The molecule has 0 aliphatic rings. The minimum absolute atomic E-state index is 0.0240. The van der Waals surface area contributed by atoms with Crippen LogP contribution in [-0.4, -0.2) is 14.2 Å². The van der Waals surface area contributed by atoms with E-state index >= 15 is 0 Å². The zero-order valence-electron chi connectivity index (χ0n) is 11.6. The van der Waals surface area contributed by atoms with Crippen molar-refractivity contribution in [2.75, 3.05) is 0 Å². The van der Waals surface area contributed by atoms with Crippen LogP contribution in [0, 0.1) is 0 Å². The van der Waals surface area contributed by atoms with Crippen LogP contribution in [0.2, 0.25) is 10.0 Å². The molecule has 4 nitrogen and oxygen atoms in total. The zero-order chi connectivity index (χ0) is 16.3. The molecule has 7 heteroatoms. The Morgan fingerprint density at radius 1 is 1.09 bits per heavy atom. The first-order chi connectivity index (χ1) is 10.3. The van der Waals surface area contributed by atoms with Gasteiger partial charge in [-0.3, -0.25) is 4.79 Å². The average Bonchev–Trinajstić information content (AvgIpc) is 2.49. The van der Waals surface area contributed by atoms with Gasteiger partial charge in [-0.2, -0.15) is 0 Å². The van der Waals surface area contributed by atoms with Crippen molar-refractivity contribution >= 4 is 39.0 Å². The van der Waals surface area contributed by atoms with Gasteiger partial charge in [-0.25, -0.2) is 13.1 Å². The maximum Gasteiger partial charge on any atom is 0.240 e. The topological polar surface area (TPSA) is 63.2 Å². The SMILES string of the molecule is CC(=O)c1ccc(S(=O)(=O)NCc2cccc(Cl)c2Cl)cc1. The van der Waals surface area contributed by atoms with Gasteiger partial charge in [0.25, 0.3) is 0 Å². The Morgan fingerprint density at radius 3 is 2.32 bits per heavy atom. The Labute approximate surface area is 139 Å². The highest BCUT2D eigenvalue weighted by Crippen LogP contribution is 2.25. The van der Waals surface area contributed by atoms with Crippen molar-refractivity contribution in [1.29, 1.82) is 0 Å². The van der Waals surface area contributed by atoms with Gasteiger partial charge in [0.1, 0.15) is 0 Å². The molecular formula is C15H13Cl2NO3S. The molecule has 0 saturated heterocycles. The number of benzene rings is 2. The molecule has 0 amide bonds. The molecule has 1 N–H and O–H groups in total. The summed E-state index contributed by atoms with van der Waals surface area (Å²) >= 11 is 11.9. The van der Waals surface area contributed by atoms with Gasteiger partial charge in [-0.1, -0.05) is 47.5 Å². The van der Waals surface area contributed by atoms with E-state index in [1.165, 1.54) is 31.2 Å². The number of rotatable bonds is 5. The van der Waals surface area contributed by atoms with Crippen molar-refractivity contribution in [3.63, 3.8) is 0 Å². The van der Waals surface area contributed by atoms with E-state index in [1.54, 1.807) is 18.2 Å². The standard InChI is InChI=1S/C15H13Cl2NO3S/c1-10(19)11-5-7-13(8-6-11)22(20,21)18-9-12-3-2-4-14(16)15(12)17/h2-8,18H,9H2,1H3. The highest BCUT2D eigenvalue weighted by Gasteiger charge is 2.15. The van der Waals surface area contributed by atoms with Crippen LogP contribution < -0.4 is 4.72 Å². The number of carbonyl (C=O) groups is 1. The maximum atomic E-state index is 12.2. The summed E-state index contributed by atoms with van der Waals surface area (Å²) in [6.45, 7) is 1.44. The number of hydrogen-bond acceptors (Lipinski definition) is 3. The van der Waals surface area contributed by atoms with E-state index in [9.17, 15) is 13.2 Å². The van der Waals surface area contributed by atoms with E-state index in [0.29, 0.717) is 21.2 Å². The first kappa shape index (κ1) is 17.0. The fourth-order valence-electron chi connectivity index (χ4n) is 1.81. The summed E-state index contributed by atoms with van der Waals surface area (Å²) in [4.78, 5) is 11.3. The predicted octanol–water partition coefficient (Wildman–Crippen LogP) is 3.67. The number of sulfonamides is 1. The molecule has 0 aliphatic heterocycles. The van der Waals surface area contributed by atoms with Gasteiger partial charge in [-0.15, -0.1) is 0 Å². The lowest BCUT2D eigenvalue weighted by molar-refractivity contribution is 0.101. The van der Waals surface area contributed by atoms with Gasteiger partial charge in [0.15, 0.2) is 5.78 Å². The molecule has 0 saturated carbocycles. The van der Waals surface area contributed by atoms with Gasteiger partial charge >= 0.3 is 0 Å². The summed E-state index contributed by atoms with van der Waals surface area (Å²) in [5.74, 6) is -0.123. The Kier molecular flexibility index (Phi) is 5.24. The van der Waals surface area contributed by atoms with E-state index in [1.807, 2.05) is 0 Å². The van der Waals surface area contributed by atoms with E-state index in [-0.39, 0.29) is 17.2 Å². The van der Waals surface area contributed by atoms with Crippen molar-refractivity contribution in [2.45, 2.75) is 18.4 Å². The van der Waals surface area contributed by atoms with Crippen LogP contribution in [0.15, 0.2) is 47.4 Å². The summed E-state index contributed by atoms with van der Waals surface area (Å²) in [6, 6.07) is 10.7. The lowest BCUT2D eigenvalue weighted by atomic mass is 10.2. The molecule has 0 bridgehead atoms. The molecule has 0 heterocycles. The number of nitrogens with one attached hydrogen (secondary N) is 1. The minimum atomic E-state index is -3.69. The van der Waals surface area contributed by atoms with Crippen LogP contribution in [-0.2, 0) is 16.6 Å². The van der Waals surface area contributed by atoms with Crippen LogP contribution in [0.4, 0.5) is 0 Å². The highest BCUT2D eigenvalue weighted by molar-refractivity contribution is 7.89. The lowest BCUT2D eigenvalue weighted by Gasteiger charge is -2.09. The summed E-state index contributed by atoms with van der Waals surface area (Å²) < 4.78 is 26.9. The number of Topliss-reactive ketones (excluding diaryl/α,β-unsaturated/α-hetero) is 1. The van der Waals surface area contributed by atoms with Crippen LogP contribution in [0.3, 0.4) is 0 Å². The molecule has 0 radical (unpaired) electrons. The molecule has 0 fully saturated rings. The van der Waals surface area contributed by atoms with Crippen LogP contribution in [0.1, 0.15) is 22.8 Å². The van der Waals surface area contributed by atoms with Crippen LogP contribution in [0.25, 0.3) is 0 Å². The molecule has 0 unspecified atom stereocenters. The normalized spacial score (nSPS) is 11.4. The minimum Gasteiger partial charge on any atom is -0.295 e. The largest absolute Gasteiger partial charge is 0.295 e. The molecule has 0 aliphatic carbocycles. The summed E-state index contributed by atoms with van der Waals surface area (Å²) in [6.07, 6.45) is 0. The molecule has 2 rings (SSSR count). The second-order valence-corrected chi connectivity index (χ2v) is 7.17. The van der Waals surface area contributed by atoms with E-state index in [0.717, 1.165) is 0 Å². The third-order valence-electron chi connectivity index (χ3n) is 3.06. The Hall–Kier alpha value is -1.40. The fourth-order valence-corrected chi connectivity index (χ4v) is 3.20. The quantitative estimate of drug-likeness (QED) is 0.830. The highest BCUT2D eigenvalue weighted by atomic mass is 35.5. The third kappa shape index (κ3) is 3.87. The summed E-state index contributed by atoms with van der Waals surface area (Å²) in [5, 5.41) is 0.683. The number of carbonyl (C=O) groups excluding carboxylic acids is 1. The molecule has 0 aromatic heterocycles.